The Kier molecular flexibility index (Phi) is 6.46. The number of aromatic nitrogens is 4. The van der Waals surface area contributed by atoms with Gasteiger partial charge >= 0.3 is 6.61 Å². The molecule has 0 aliphatic heterocycles. The van der Waals surface area contributed by atoms with Crippen molar-refractivity contribution in [3.8, 4) is 11.4 Å². The number of aryl methyl sites for hydroxylation is 1. The molecule has 0 unspecified atom stereocenters. The third kappa shape index (κ3) is 5.02. The molecule has 4 aromatic rings. The maximum absolute atomic E-state index is 13.2. The van der Waals surface area contributed by atoms with Crippen molar-refractivity contribution in [1.29, 1.82) is 0 Å². The first-order valence-electron chi connectivity index (χ1n) is 11.3. The minimum atomic E-state index is -2.87. The highest BCUT2D eigenvalue weighted by Crippen LogP contribution is 2.40. The summed E-state index contributed by atoms with van der Waals surface area (Å²) in [4.78, 5) is 13.2. The highest BCUT2D eigenvalue weighted by atomic mass is 32.2. The molecule has 1 saturated carbocycles. The van der Waals surface area contributed by atoms with Crippen LogP contribution in [0.4, 0.5) is 8.78 Å². The third-order valence-electron chi connectivity index (χ3n) is 5.97. The Bertz CT molecular complexity index is 1330. The summed E-state index contributed by atoms with van der Waals surface area (Å²) >= 11 is 1.37. The van der Waals surface area contributed by atoms with Crippen molar-refractivity contribution in [3.63, 3.8) is 0 Å². The fourth-order valence-electron chi connectivity index (χ4n) is 4.18. The van der Waals surface area contributed by atoms with Crippen molar-refractivity contribution >= 4 is 17.5 Å². The Morgan fingerprint density at radius 3 is 2.63 bits per heavy atom. The first kappa shape index (κ1) is 23.3. The average Bonchev–Trinajstić information content (AvgIpc) is 3.25. The van der Waals surface area contributed by atoms with Crippen LogP contribution in [0.5, 0.6) is 5.75 Å². The van der Waals surface area contributed by atoms with E-state index in [0.29, 0.717) is 23.2 Å². The minimum Gasteiger partial charge on any atom is -0.467 e. The summed E-state index contributed by atoms with van der Waals surface area (Å²) in [6.45, 7) is 1.44. The Morgan fingerprint density at radius 1 is 1.20 bits per heavy atom. The molecule has 0 bridgehead atoms. The Labute approximate surface area is 205 Å². The standard InChI is InChI=1S/C25H24F2N4O3S/c1-15-12-21(16(2)31(15)18-7-9-19(10-8-18)34-24(26)27)22(32)14-35-25-29-28-23(17-5-6-17)30(25)13-20-4-3-11-33-20/h3-4,7-12,17,24H,5-6,13-14H2,1-2H3. The van der Waals surface area contributed by atoms with Gasteiger partial charge in [0, 0.05) is 28.6 Å². The molecule has 5 rings (SSSR count). The van der Waals surface area contributed by atoms with Gasteiger partial charge in [0.25, 0.3) is 0 Å². The predicted molar refractivity (Wildman–Crippen MR) is 127 cm³/mol. The van der Waals surface area contributed by atoms with Gasteiger partial charge in [-0.1, -0.05) is 11.8 Å². The van der Waals surface area contributed by atoms with Crippen LogP contribution in [0.15, 0.2) is 58.3 Å². The molecule has 35 heavy (non-hydrogen) atoms. The first-order valence-corrected chi connectivity index (χ1v) is 12.2. The first-order chi connectivity index (χ1) is 16.9. The zero-order chi connectivity index (χ0) is 24.5. The molecule has 0 N–H and O–H groups in total. The molecule has 7 nitrogen and oxygen atoms in total. The van der Waals surface area contributed by atoms with E-state index < -0.39 is 6.61 Å². The number of ether oxygens (including phenoxy) is 1. The van der Waals surface area contributed by atoms with Crippen LogP contribution in [0.3, 0.4) is 0 Å². The normalized spacial score (nSPS) is 13.5. The largest absolute Gasteiger partial charge is 0.467 e. The second-order valence-corrected chi connectivity index (χ2v) is 9.43. The Morgan fingerprint density at radius 2 is 1.97 bits per heavy atom. The summed E-state index contributed by atoms with van der Waals surface area (Å²) in [7, 11) is 0. The van der Waals surface area contributed by atoms with Gasteiger partial charge in [-0.2, -0.15) is 8.78 Å². The number of furan rings is 1. The zero-order valence-electron chi connectivity index (χ0n) is 19.3. The molecule has 0 spiro atoms. The summed E-state index contributed by atoms with van der Waals surface area (Å²) in [6.07, 6.45) is 3.84. The number of halogens is 2. The lowest BCUT2D eigenvalue weighted by molar-refractivity contribution is -0.0498. The number of alkyl halides is 2. The van der Waals surface area contributed by atoms with E-state index in [9.17, 15) is 13.6 Å². The number of benzene rings is 1. The molecule has 0 radical (unpaired) electrons. The van der Waals surface area contributed by atoms with Crippen molar-refractivity contribution in [2.45, 2.75) is 50.9 Å². The number of carbonyl (C=O) groups is 1. The summed E-state index contributed by atoms with van der Waals surface area (Å²) in [5, 5.41) is 9.44. The molecule has 182 valence electrons. The molecule has 3 heterocycles. The molecule has 1 fully saturated rings. The molecule has 1 aliphatic rings. The number of Topliss-reactive ketones (excluding diaryl/α,β-unsaturated/α-hetero) is 1. The van der Waals surface area contributed by atoms with E-state index in [1.54, 1.807) is 18.4 Å². The summed E-state index contributed by atoms with van der Waals surface area (Å²) in [6, 6.07) is 12.0. The van der Waals surface area contributed by atoms with E-state index in [1.165, 1.54) is 23.9 Å². The lowest BCUT2D eigenvalue weighted by atomic mass is 10.2. The molecule has 0 amide bonds. The molecule has 1 aromatic carbocycles. The van der Waals surface area contributed by atoms with E-state index >= 15 is 0 Å². The van der Waals surface area contributed by atoms with Crippen LogP contribution in [0.2, 0.25) is 0 Å². The van der Waals surface area contributed by atoms with E-state index in [-0.39, 0.29) is 17.3 Å². The van der Waals surface area contributed by atoms with Gasteiger partial charge in [-0.15, -0.1) is 10.2 Å². The molecule has 3 aromatic heterocycles. The third-order valence-corrected chi connectivity index (χ3v) is 6.93. The Hall–Kier alpha value is -3.40. The van der Waals surface area contributed by atoms with Crippen LogP contribution in [0.1, 0.15) is 52.1 Å². The van der Waals surface area contributed by atoms with Gasteiger partial charge in [0.2, 0.25) is 0 Å². The maximum atomic E-state index is 13.2. The second kappa shape index (κ2) is 9.69. The van der Waals surface area contributed by atoms with Crippen LogP contribution in [0, 0.1) is 13.8 Å². The molecule has 0 atom stereocenters. The SMILES string of the molecule is Cc1cc(C(=O)CSc2nnc(C3CC3)n2Cc2ccco2)c(C)n1-c1ccc(OC(F)F)cc1. The van der Waals surface area contributed by atoms with Crippen LogP contribution in [-0.2, 0) is 6.54 Å². The van der Waals surface area contributed by atoms with Gasteiger partial charge in [0.05, 0.1) is 18.6 Å². The second-order valence-electron chi connectivity index (χ2n) is 8.49. The quantitative estimate of drug-likeness (QED) is 0.204. The van der Waals surface area contributed by atoms with Crippen molar-refractivity contribution < 1.29 is 22.7 Å². The fraction of sp³-hybridized carbons (Fsp3) is 0.320. The fourth-order valence-corrected chi connectivity index (χ4v) is 5.01. The zero-order valence-corrected chi connectivity index (χ0v) is 20.1. The Balaban J connectivity index is 1.32. The van der Waals surface area contributed by atoms with Gasteiger partial charge in [-0.05, 0) is 69.2 Å². The van der Waals surface area contributed by atoms with E-state index in [1.807, 2.05) is 41.2 Å². The van der Waals surface area contributed by atoms with Crippen molar-refractivity contribution in [2.24, 2.45) is 0 Å². The highest BCUT2D eigenvalue weighted by molar-refractivity contribution is 7.99. The van der Waals surface area contributed by atoms with E-state index in [2.05, 4.69) is 14.9 Å². The molecule has 0 saturated heterocycles. The average molecular weight is 499 g/mol. The minimum absolute atomic E-state index is 0.0208. The number of hydrogen-bond donors (Lipinski definition) is 0. The number of ketones is 1. The van der Waals surface area contributed by atoms with Gasteiger partial charge in [-0.3, -0.25) is 9.36 Å². The van der Waals surface area contributed by atoms with Gasteiger partial charge in [0.1, 0.15) is 17.3 Å². The van der Waals surface area contributed by atoms with Crippen LogP contribution < -0.4 is 4.74 Å². The van der Waals surface area contributed by atoms with Gasteiger partial charge < -0.3 is 13.7 Å². The van der Waals surface area contributed by atoms with Gasteiger partial charge in [0.15, 0.2) is 10.9 Å². The summed E-state index contributed by atoms with van der Waals surface area (Å²) in [5.41, 5.74) is 3.03. The van der Waals surface area contributed by atoms with Crippen LogP contribution >= 0.6 is 11.8 Å². The molecular formula is C25H24F2N4O3S. The number of hydrogen-bond acceptors (Lipinski definition) is 6. The number of rotatable bonds is 10. The number of thioether (sulfide) groups is 1. The smallest absolute Gasteiger partial charge is 0.387 e. The van der Waals surface area contributed by atoms with E-state index in [4.69, 9.17) is 4.42 Å². The summed E-state index contributed by atoms with van der Waals surface area (Å²) in [5.74, 6) is 2.45. The maximum Gasteiger partial charge on any atom is 0.387 e. The van der Waals surface area contributed by atoms with Gasteiger partial charge in [-0.25, -0.2) is 0 Å². The topological polar surface area (TPSA) is 75.1 Å². The van der Waals surface area contributed by atoms with E-state index in [0.717, 1.165) is 41.5 Å². The van der Waals surface area contributed by atoms with Crippen molar-refractivity contribution in [1.82, 2.24) is 19.3 Å². The monoisotopic (exact) mass is 498 g/mol. The van der Waals surface area contributed by atoms with Crippen LogP contribution in [-0.4, -0.2) is 37.5 Å². The summed E-state index contributed by atoms with van der Waals surface area (Å²) < 4.78 is 38.8. The van der Waals surface area contributed by atoms with Crippen molar-refractivity contribution in [3.05, 3.63) is 77.3 Å². The molecule has 10 heteroatoms. The van der Waals surface area contributed by atoms with Crippen molar-refractivity contribution in [2.75, 3.05) is 5.75 Å². The molecular weight excluding hydrogens is 474 g/mol. The highest BCUT2D eigenvalue weighted by Gasteiger charge is 2.31. The number of carbonyl (C=O) groups excluding carboxylic acids is 1. The lowest BCUT2D eigenvalue weighted by Crippen LogP contribution is -2.09. The van der Waals surface area contributed by atoms with Crippen LogP contribution in [0.25, 0.3) is 5.69 Å². The number of nitrogens with zero attached hydrogens (tertiary/aromatic N) is 4. The predicted octanol–water partition coefficient (Wildman–Crippen LogP) is 5.78. The lowest BCUT2D eigenvalue weighted by Gasteiger charge is -2.11. The molecule has 1 aliphatic carbocycles.